The number of fused-ring (bicyclic) bond motifs is 1. The van der Waals surface area contributed by atoms with Crippen molar-refractivity contribution in [3.63, 3.8) is 0 Å². The highest BCUT2D eigenvalue weighted by molar-refractivity contribution is 7.99. The Bertz CT molecular complexity index is 954. The minimum atomic E-state index is 0.663. The first-order valence-corrected chi connectivity index (χ1v) is 9.78. The van der Waals surface area contributed by atoms with E-state index in [-0.39, 0.29) is 0 Å². The zero-order chi connectivity index (χ0) is 18.1. The van der Waals surface area contributed by atoms with E-state index in [1.807, 2.05) is 23.9 Å². The van der Waals surface area contributed by atoms with E-state index in [9.17, 15) is 0 Å². The van der Waals surface area contributed by atoms with Crippen molar-refractivity contribution < 1.29 is 0 Å². The monoisotopic (exact) mass is 362 g/mol. The van der Waals surface area contributed by atoms with Gasteiger partial charge in [-0.2, -0.15) is 4.98 Å². The predicted molar refractivity (Wildman–Crippen MR) is 110 cm³/mol. The Balaban J connectivity index is 1.76. The van der Waals surface area contributed by atoms with Crippen molar-refractivity contribution in [1.29, 1.82) is 0 Å². The molecule has 0 amide bonds. The van der Waals surface area contributed by atoms with E-state index in [1.165, 1.54) is 21.7 Å². The maximum Gasteiger partial charge on any atom is 0.229 e. The number of benzene rings is 2. The molecule has 0 saturated carbocycles. The zero-order valence-electron chi connectivity index (χ0n) is 15.3. The molecule has 1 aliphatic rings. The van der Waals surface area contributed by atoms with Crippen LogP contribution in [0.3, 0.4) is 0 Å². The summed E-state index contributed by atoms with van der Waals surface area (Å²) in [6.07, 6.45) is 0.986. The van der Waals surface area contributed by atoms with Gasteiger partial charge in [-0.1, -0.05) is 36.4 Å². The summed E-state index contributed by atoms with van der Waals surface area (Å²) >= 11 is 1.85. The van der Waals surface area contributed by atoms with Gasteiger partial charge in [0.1, 0.15) is 0 Å². The molecule has 4 nitrogen and oxygen atoms in total. The first-order valence-electron chi connectivity index (χ1n) is 8.79. The van der Waals surface area contributed by atoms with Gasteiger partial charge in [-0.15, -0.1) is 11.8 Å². The molecule has 0 atom stereocenters. The highest BCUT2D eigenvalue weighted by Crippen LogP contribution is 2.40. The Kier molecular flexibility index (Phi) is 4.55. The van der Waals surface area contributed by atoms with Gasteiger partial charge in [0.05, 0.1) is 10.6 Å². The molecule has 132 valence electrons. The number of nitrogens with zero attached hydrogens (tertiary/aromatic N) is 3. The van der Waals surface area contributed by atoms with E-state index in [1.54, 1.807) is 0 Å². The highest BCUT2D eigenvalue weighted by Gasteiger charge is 2.23. The molecular formula is C21H22N4S. The number of rotatable bonds is 4. The highest BCUT2D eigenvalue weighted by atomic mass is 32.2. The fourth-order valence-electron chi connectivity index (χ4n) is 3.22. The minimum Gasteiger partial charge on any atom is -0.328 e. The van der Waals surface area contributed by atoms with Crippen molar-refractivity contribution in [3.8, 4) is 0 Å². The molecule has 0 spiro atoms. The van der Waals surface area contributed by atoms with Gasteiger partial charge in [0, 0.05) is 30.6 Å². The van der Waals surface area contributed by atoms with E-state index >= 15 is 0 Å². The van der Waals surface area contributed by atoms with Crippen LogP contribution in [-0.2, 0) is 6.42 Å². The average Bonchev–Trinajstić information content (AvgIpc) is 3.11. The van der Waals surface area contributed by atoms with E-state index in [0.29, 0.717) is 5.95 Å². The van der Waals surface area contributed by atoms with Crippen LogP contribution in [0.2, 0.25) is 0 Å². The number of aryl methyl sites for hydroxylation is 3. The van der Waals surface area contributed by atoms with Crippen LogP contribution < -0.4 is 10.2 Å². The first kappa shape index (κ1) is 16.9. The Morgan fingerprint density at radius 3 is 2.46 bits per heavy atom. The molecule has 0 unspecified atom stereocenters. The van der Waals surface area contributed by atoms with Crippen molar-refractivity contribution in [3.05, 3.63) is 65.4 Å². The Labute approximate surface area is 158 Å². The summed E-state index contributed by atoms with van der Waals surface area (Å²) in [5.74, 6) is 2.70. The van der Waals surface area contributed by atoms with Crippen LogP contribution in [0.15, 0.2) is 53.4 Å². The normalized spacial score (nSPS) is 12.7. The summed E-state index contributed by atoms with van der Waals surface area (Å²) < 4.78 is 0. The third kappa shape index (κ3) is 3.15. The maximum atomic E-state index is 4.88. The Hall–Kier alpha value is -2.53. The molecule has 5 heteroatoms. The van der Waals surface area contributed by atoms with Gasteiger partial charge < -0.3 is 10.2 Å². The zero-order valence-corrected chi connectivity index (χ0v) is 16.1. The number of hydrogen-bond acceptors (Lipinski definition) is 5. The van der Waals surface area contributed by atoms with Crippen LogP contribution in [-0.4, -0.2) is 22.8 Å². The fourth-order valence-corrected chi connectivity index (χ4v) is 4.35. The lowest BCUT2D eigenvalue weighted by molar-refractivity contribution is 0.955. The molecule has 1 N–H and O–H groups in total. The van der Waals surface area contributed by atoms with Crippen molar-refractivity contribution in [1.82, 2.24) is 9.97 Å². The smallest absolute Gasteiger partial charge is 0.229 e. The van der Waals surface area contributed by atoms with Crippen molar-refractivity contribution in [2.24, 2.45) is 0 Å². The van der Waals surface area contributed by atoms with Crippen LogP contribution in [0, 0.1) is 13.8 Å². The molecule has 0 radical (unpaired) electrons. The van der Waals surface area contributed by atoms with Crippen molar-refractivity contribution in [2.75, 3.05) is 23.0 Å². The van der Waals surface area contributed by atoms with Gasteiger partial charge >= 0.3 is 0 Å². The molecule has 2 heterocycles. The van der Waals surface area contributed by atoms with Gasteiger partial charge in [-0.3, -0.25) is 0 Å². The van der Waals surface area contributed by atoms with Gasteiger partial charge in [-0.05, 0) is 37.1 Å². The molecule has 1 aliphatic heterocycles. The van der Waals surface area contributed by atoms with Crippen molar-refractivity contribution in [2.45, 2.75) is 25.2 Å². The molecule has 0 fully saturated rings. The summed E-state index contributed by atoms with van der Waals surface area (Å²) in [5, 5.41) is 3.41. The molecular weight excluding hydrogens is 340 g/mol. The van der Waals surface area contributed by atoms with Crippen LogP contribution in [0.4, 0.5) is 23.1 Å². The van der Waals surface area contributed by atoms with E-state index in [2.05, 4.69) is 67.5 Å². The van der Waals surface area contributed by atoms with Gasteiger partial charge in [0.25, 0.3) is 0 Å². The summed E-state index contributed by atoms with van der Waals surface area (Å²) in [7, 11) is 2.08. The second kappa shape index (κ2) is 7.00. The maximum absolute atomic E-state index is 4.88. The number of para-hydroxylation sites is 2. The van der Waals surface area contributed by atoms with Gasteiger partial charge in [0.2, 0.25) is 5.95 Å². The third-order valence-electron chi connectivity index (χ3n) is 4.69. The summed E-state index contributed by atoms with van der Waals surface area (Å²) in [5.41, 5.74) is 5.76. The number of hydrogen-bond donors (Lipinski definition) is 1. The number of nitrogens with one attached hydrogen (secondary N) is 1. The first-order chi connectivity index (χ1) is 12.6. The second-order valence-corrected chi connectivity index (χ2v) is 7.64. The van der Waals surface area contributed by atoms with Crippen LogP contribution in [0.1, 0.15) is 16.8 Å². The topological polar surface area (TPSA) is 41.1 Å². The molecule has 26 heavy (non-hydrogen) atoms. The van der Waals surface area contributed by atoms with Crippen molar-refractivity contribution >= 4 is 34.9 Å². The molecule has 3 aromatic rings. The summed E-state index contributed by atoms with van der Waals surface area (Å²) in [6, 6.07) is 16.6. The molecule has 0 saturated heterocycles. The Morgan fingerprint density at radius 2 is 1.69 bits per heavy atom. The lowest BCUT2D eigenvalue weighted by Gasteiger charge is -2.23. The summed E-state index contributed by atoms with van der Waals surface area (Å²) in [4.78, 5) is 13.0. The van der Waals surface area contributed by atoms with Crippen LogP contribution in [0.25, 0.3) is 0 Å². The van der Waals surface area contributed by atoms with Crippen LogP contribution in [0.5, 0.6) is 0 Å². The fraction of sp³-hybridized carbons (Fsp3) is 0.238. The third-order valence-corrected chi connectivity index (χ3v) is 5.80. The summed E-state index contributed by atoms with van der Waals surface area (Å²) in [6.45, 7) is 4.22. The largest absolute Gasteiger partial charge is 0.328 e. The number of thioether (sulfide) groups is 1. The molecule has 2 aromatic carbocycles. The quantitative estimate of drug-likeness (QED) is 0.686. The Morgan fingerprint density at radius 1 is 0.962 bits per heavy atom. The minimum absolute atomic E-state index is 0.663. The van der Waals surface area contributed by atoms with E-state index in [4.69, 9.17) is 9.97 Å². The van der Waals surface area contributed by atoms with E-state index < -0.39 is 0 Å². The average molecular weight is 363 g/mol. The molecule has 0 bridgehead atoms. The predicted octanol–water partition coefficient (Wildman–Crippen LogP) is 5.25. The number of aromatic nitrogens is 2. The van der Waals surface area contributed by atoms with Crippen LogP contribution >= 0.6 is 11.8 Å². The molecule has 4 rings (SSSR count). The van der Waals surface area contributed by atoms with Gasteiger partial charge in [0.15, 0.2) is 5.82 Å². The standard InChI is InChI=1S/C21H22N4S/c1-14-8-4-6-10-16(14)22-21-23-17-12-13-26-19(17)20(24-21)25(3)18-11-7-5-9-15(18)2/h4-11H,12-13H2,1-3H3,(H,22,23,24). The van der Waals surface area contributed by atoms with E-state index in [0.717, 1.165) is 29.4 Å². The second-order valence-electron chi connectivity index (χ2n) is 6.53. The lowest BCUT2D eigenvalue weighted by Crippen LogP contribution is -2.15. The van der Waals surface area contributed by atoms with Gasteiger partial charge in [-0.25, -0.2) is 4.98 Å². The molecule has 1 aromatic heterocycles. The molecule has 0 aliphatic carbocycles. The lowest BCUT2D eigenvalue weighted by atomic mass is 10.2. The SMILES string of the molecule is Cc1ccccc1Nc1nc2c(c(N(C)c3ccccc3C)n1)SCC2. The number of anilines is 4.